The molecule has 0 bridgehead atoms. The zero-order chi connectivity index (χ0) is 14.5. The molecule has 1 amide bonds. The Morgan fingerprint density at radius 2 is 2.45 bits per heavy atom. The molecular formula is C15H25N3OS. The lowest BCUT2D eigenvalue weighted by atomic mass is 9.85. The average molecular weight is 295 g/mol. The molecule has 112 valence electrons. The van der Waals surface area contributed by atoms with Crippen molar-refractivity contribution >= 4 is 22.4 Å². The number of carbonyl (C=O) groups excluding carboxylic acids is 1. The summed E-state index contributed by atoms with van der Waals surface area (Å²) in [5.41, 5.74) is 0.987. The minimum absolute atomic E-state index is 0.208. The molecule has 1 saturated heterocycles. The Balaban J connectivity index is 1.94. The zero-order valence-electron chi connectivity index (χ0n) is 12.7. The van der Waals surface area contributed by atoms with E-state index in [4.69, 9.17) is 0 Å². The molecule has 1 fully saturated rings. The van der Waals surface area contributed by atoms with Crippen LogP contribution in [0.2, 0.25) is 0 Å². The standard InChI is InChI=1S/C15H25N3OS/c1-4-18(15-17-12(3)10-20-15)14(19)8-11(2)13-6-5-7-16-9-13/h10-11,13,16H,4-9H2,1-3H3. The molecule has 0 spiro atoms. The first-order chi connectivity index (χ1) is 9.61. The number of nitrogens with one attached hydrogen (secondary N) is 1. The maximum absolute atomic E-state index is 12.5. The van der Waals surface area contributed by atoms with E-state index in [1.807, 2.05) is 24.1 Å². The predicted molar refractivity (Wildman–Crippen MR) is 84.3 cm³/mol. The Hall–Kier alpha value is -0.940. The number of nitrogens with zero attached hydrogens (tertiary/aromatic N) is 2. The van der Waals surface area contributed by atoms with Crippen LogP contribution in [0.15, 0.2) is 5.38 Å². The molecule has 2 atom stereocenters. The quantitative estimate of drug-likeness (QED) is 0.908. The molecule has 5 heteroatoms. The van der Waals surface area contributed by atoms with Gasteiger partial charge in [0.05, 0.1) is 5.69 Å². The van der Waals surface area contributed by atoms with Crippen LogP contribution in [0.25, 0.3) is 0 Å². The minimum Gasteiger partial charge on any atom is -0.316 e. The number of hydrogen-bond acceptors (Lipinski definition) is 4. The molecule has 1 N–H and O–H groups in total. The molecule has 20 heavy (non-hydrogen) atoms. The van der Waals surface area contributed by atoms with Crippen molar-refractivity contribution < 1.29 is 4.79 Å². The molecule has 1 aromatic rings. The first-order valence-corrected chi connectivity index (χ1v) is 8.43. The molecule has 0 saturated carbocycles. The third-order valence-corrected chi connectivity index (χ3v) is 5.07. The summed E-state index contributed by atoms with van der Waals surface area (Å²) < 4.78 is 0. The molecule has 2 rings (SSSR count). The van der Waals surface area contributed by atoms with E-state index >= 15 is 0 Å². The van der Waals surface area contributed by atoms with Gasteiger partial charge in [0.2, 0.25) is 5.91 Å². The van der Waals surface area contributed by atoms with Crippen LogP contribution < -0.4 is 10.2 Å². The molecule has 1 aliphatic rings. The first-order valence-electron chi connectivity index (χ1n) is 7.55. The second-order valence-electron chi connectivity index (χ2n) is 5.70. The highest BCUT2D eigenvalue weighted by Crippen LogP contribution is 2.26. The van der Waals surface area contributed by atoms with Crippen LogP contribution in [0, 0.1) is 18.8 Å². The van der Waals surface area contributed by atoms with Gasteiger partial charge in [0.1, 0.15) is 0 Å². The highest BCUT2D eigenvalue weighted by atomic mass is 32.1. The smallest absolute Gasteiger partial charge is 0.229 e. The molecule has 1 aromatic heterocycles. The highest BCUT2D eigenvalue weighted by Gasteiger charge is 2.25. The van der Waals surface area contributed by atoms with E-state index in [-0.39, 0.29) is 5.91 Å². The lowest BCUT2D eigenvalue weighted by Gasteiger charge is -2.29. The van der Waals surface area contributed by atoms with E-state index in [1.54, 1.807) is 11.3 Å². The number of aromatic nitrogens is 1. The van der Waals surface area contributed by atoms with Gasteiger partial charge in [-0.1, -0.05) is 6.92 Å². The van der Waals surface area contributed by atoms with Crippen LogP contribution in [0.4, 0.5) is 5.13 Å². The number of carbonyl (C=O) groups is 1. The van der Waals surface area contributed by atoms with Crippen LogP contribution in [-0.4, -0.2) is 30.5 Å². The number of thiazole rings is 1. The number of piperidine rings is 1. The Kier molecular flexibility index (Phi) is 5.54. The summed E-state index contributed by atoms with van der Waals surface area (Å²) in [6, 6.07) is 0. The third kappa shape index (κ3) is 3.79. The van der Waals surface area contributed by atoms with Crippen molar-refractivity contribution in [1.29, 1.82) is 0 Å². The van der Waals surface area contributed by atoms with Gasteiger partial charge in [0, 0.05) is 18.3 Å². The third-order valence-electron chi connectivity index (χ3n) is 4.09. The van der Waals surface area contributed by atoms with Crippen molar-refractivity contribution in [2.75, 3.05) is 24.5 Å². The second kappa shape index (κ2) is 7.18. The van der Waals surface area contributed by atoms with Gasteiger partial charge < -0.3 is 5.32 Å². The maximum Gasteiger partial charge on any atom is 0.229 e. The van der Waals surface area contributed by atoms with Crippen molar-refractivity contribution in [1.82, 2.24) is 10.3 Å². The fourth-order valence-corrected chi connectivity index (χ4v) is 3.68. The largest absolute Gasteiger partial charge is 0.316 e. The Bertz CT molecular complexity index is 440. The molecule has 4 nitrogen and oxygen atoms in total. The molecule has 0 aliphatic carbocycles. The van der Waals surface area contributed by atoms with E-state index in [9.17, 15) is 4.79 Å². The zero-order valence-corrected chi connectivity index (χ0v) is 13.5. The van der Waals surface area contributed by atoms with Gasteiger partial charge in [-0.3, -0.25) is 9.69 Å². The summed E-state index contributed by atoms with van der Waals surface area (Å²) in [5.74, 6) is 1.27. The van der Waals surface area contributed by atoms with Gasteiger partial charge in [-0.05, 0) is 51.6 Å². The lowest BCUT2D eigenvalue weighted by Crippen LogP contribution is -2.37. The Morgan fingerprint density at radius 3 is 3.00 bits per heavy atom. The Morgan fingerprint density at radius 1 is 1.65 bits per heavy atom. The summed E-state index contributed by atoms with van der Waals surface area (Å²) in [7, 11) is 0. The van der Waals surface area contributed by atoms with Crippen molar-refractivity contribution in [3.63, 3.8) is 0 Å². The van der Waals surface area contributed by atoms with Crippen LogP contribution >= 0.6 is 11.3 Å². The van der Waals surface area contributed by atoms with Gasteiger partial charge in [-0.15, -0.1) is 11.3 Å². The molecule has 2 heterocycles. The summed E-state index contributed by atoms with van der Waals surface area (Å²) >= 11 is 1.55. The van der Waals surface area contributed by atoms with Gasteiger partial charge in [0.15, 0.2) is 5.13 Å². The van der Waals surface area contributed by atoms with E-state index in [1.165, 1.54) is 12.8 Å². The number of anilines is 1. The maximum atomic E-state index is 12.5. The molecule has 1 aliphatic heterocycles. The summed E-state index contributed by atoms with van der Waals surface area (Å²) in [4.78, 5) is 18.8. The normalized spacial score (nSPS) is 20.6. The van der Waals surface area contributed by atoms with E-state index in [2.05, 4.69) is 17.2 Å². The van der Waals surface area contributed by atoms with Gasteiger partial charge in [-0.25, -0.2) is 4.98 Å². The molecule has 2 unspecified atom stereocenters. The average Bonchev–Trinajstić information content (AvgIpc) is 2.87. The van der Waals surface area contributed by atoms with Crippen LogP contribution in [0.3, 0.4) is 0 Å². The second-order valence-corrected chi connectivity index (χ2v) is 6.53. The van der Waals surface area contributed by atoms with Gasteiger partial charge in [-0.2, -0.15) is 0 Å². The molecular weight excluding hydrogens is 270 g/mol. The lowest BCUT2D eigenvalue weighted by molar-refractivity contribution is -0.119. The van der Waals surface area contributed by atoms with Crippen LogP contribution in [-0.2, 0) is 4.79 Å². The number of rotatable bonds is 5. The Labute approximate surface area is 125 Å². The topological polar surface area (TPSA) is 45.2 Å². The van der Waals surface area contributed by atoms with Crippen molar-refractivity contribution in [2.45, 2.75) is 40.0 Å². The van der Waals surface area contributed by atoms with Crippen LogP contribution in [0.1, 0.15) is 38.8 Å². The van der Waals surface area contributed by atoms with Crippen molar-refractivity contribution in [2.24, 2.45) is 11.8 Å². The summed E-state index contributed by atoms with van der Waals surface area (Å²) in [6.07, 6.45) is 3.09. The minimum atomic E-state index is 0.208. The van der Waals surface area contributed by atoms with E-state index < -0.39 is 0 Å². The molecule has 0 radical (unpaired) electrons. The predicted octanol–water partition coefficient (Wildman–Crippen LogP) is 2.83. The van der Waals surface area contributed by atoms with Crippen molar-refractivity contribution in [3.8, 4) is 0 Å². The fraction of sp³-hybridized carbons (Fsp3) is 0.733. The monoisotopic (exact) mass is 295 g/mol. The SMILES string of the molecule is CCN(C(=O)CC(C)C1CCCNC1)c1nc(C)cs1. The summed E-state index contributed by atoms with van der Waals surface area (Å²) in [6.45, 7) is 9.06. The summed E-state index contributed by atoms with van der Waals surface area (Å²) in [5, 5.41) is 6.27. The van der Waals surface area contributed by atoms with Gasteiger partial charge >= 0.3 is 0 Å². The number of hydrogen-bond donors (Lipinski definition) is 1. The first kappa shape index (κ1) is 15.4. The van der Waals surface area contributed by atoms with Crippen molar-refractivity contribution in [3.05, 3.63) is 11.1 Å². The molecule has 0 aromatic carbocycles. The van der Waals surface area contributed by atoms with E-state index in [0.717, 1.165) is 23.9 Å². The number of amides is 1. The van der Waals surface area contributed by atoms with Crippen LogP contribution in [0.5, 0.6) is 0 Å². The number of aryl methyl sites for hydroxylation is 1. The highest BCUT2D eigenvalue weighted by molar-refractivity contribution is 7.14. The fourth-order valence-electron chi connectivity index (χ4n) is 2.80. The van der Waals surface area contributed by atoms with E-state index in [0.29, 0.717) is 24.8 Å². The van der Waals surface area contributed by atoms with Gasteiger partial charge in [0.25, 0.3) is 0 Å².